The van der Waals surface area contributed by atoms with Crippen molar-refractivity contribution in [2.24, 2.45) is 10.8 Å². The van der Waals surface area contributed by atoms with E-state index < -0.39 is 41.8 Å². The Morgan fingerprint density at radius 2 is 1.19 bits per heavy atom. The van der Waals surface area contributed by atoms with Crippen molar-refractivity contribution in [1.82, 2.24) is 49.7 Å². The molecule has 0 saturated heterocycles. The van der Waals surface area contributed by atoms with Gasteiger partial charge in [-0.05, 0) is 54.8 Å². The number of amides is 2. The third-order valence-electron chi connectivity index (χ3n) is 10.5. The summed E-state index contributed by atoms with van der Waals surface area (Å²) in [4.78, 5) is 53.8. The summed E-state index contributed by atoms with van der Waals surface area (Å²) >= 11 is 12.1. The summed E-state index contributed by atoms with van der Waals surface area (Å²) in [6, 6.07) is 12.2. The molecule has 6 N–H and O–H groups in total. The zero-order chi connectivity index (χ0) is 47.2. The third kappa shape index (κ3) is 14.4. The number of alkyl halides is 4. The first kappa shape index (κ1) is 55.4. The van der Waals surface area contributed by atoms with Gasteiger partial charge in [-0.1, -0.05) is 60.0 Å². The van der Waals surface area contributed by atoms with E-state index in [0.717, 1.165) is 11.1 Å². The Morgan fingerprint density at radius 1 is 0.768 bits per heavy atom. The molecule has 4 heterocycles. The fraction of sp³-hybridized carbons (Fsp3) is 0.349. The lowest BCUT2D eigenvalue weighted by molar-refractivity contribution is -0.0801. The fourth-order valence-electron chi connectivity index (χ4n) is 7.07. The molecule has 4 aromatic heterocycles. The van der Waals surface area contributed by atoms with E-state index in [9.17, 15) is 27.2 Å². The fourth-order valence-corrected chi connectivity index (χ4v) is 7.47. The number of halogens is 6. The van der Waals surface area contributed by atoms with Crippen molar-refractivity contribution < 1.29 is 27.2 Å². The number of carbonyl (C=O) groups is 2. The van der Waals surface area contributed by atoms with Crippen LogP contribution in [0.1, 0.15) is 88.4 Å². The first-order chi connectivity index (χ1) is 31.5. The van der Waals surface area contributed by atoms with Crippen molar-refractivity contribution in [2.75, 3.05) is 23.7 Å². The minimum Gasteiger partial charge on any atom is -0.351 e. The highest BCUT2D eigenvalue weighted by atomic mass is 35.5. The molecule has 26 heteroatoms. The third-order valence-corrected chi connectivity index (χ3v) is 11.0. The van der Waals surface area contributed by atoms with Crippen LogP contribution in [-0.4, -0.2) is 87.9 Å². The molecular formula is C43H50Cl2F4N16O2S2. The first-order valence-electron chi connectivity index (χ1n) is 20.4. The smallest absolute Gasteiger partial charge is 0.272 e. The van der Waals surface area contributed by atoms with Crippen molar-refractivity contribution >= 4 is 73.9 Å². The Kier molecular flexibility index (Phi) is 19.2. The second-order valence-corrected chi connectivity index (χ2v) is 16.6. The zero-order valence-corrected chi connectivity index (χ0v) is 39.7. The summed E-state index contributed by atoms with van der Waals surface area (Å²) < 4.78 is 55.5. The number of nitrogens with one attached hydrogen (secondary N) is 4. The number of rotatable bonds is 15. The van der Waals surface area contributed by atoms with Crippen LogP contribution in [0.5, 0.6) is 0 Å². The lowest BCUT2D eigenvalue weighted by Gasteiger charge is -2.35. The van der Waals surface area contributed by atoms with E-state index in [0.29, 0.717) is 32.8 Å². The topological polar surface area (TPSA) is 244 Å². The largest absolute Gasteiger partial charge is 0.351 e. The predicted octanol–water partition coefficient (Wildman–Crippen LogP) is 8.74. The molecule has 2 aliphatic carbocycles. The summed E-state index contributed by atoms with van der Waals surface area (Å²) in [6.07, 6.45) is 8.05. The molecule has 0 bridgehead atoms. The number of azide groups is 1. The molecule has 2 saturated carbocycles. The lowest BCUT2D eigenvalue weighted by Crippen LogP contribution is -2.44. The van der Waals surface area contributed by atoms with Gasteiger partial charge in [-0.15, -0.1) is 0 Å². The van der Waals surface area contributed by atoms with Crippen LogP contribution in [0.15, 0.2) is 91.1 Å². The van der Waals surface area contributed by atoms with Crippen LogP contribution in [0, 0.1) is 13.8 Å². The van der Waals surface area contributed by atoms with Crippen LogP contribution in [0.3, 0.4) is 0 Å². The van der Waals surface area contributed by atoms with Gasteiger partial charge in [0.1, 0.15) is 35.7 Å². The highest BCUT2D eigenvalue weighted by Crippen LogP contribution is 2.39. The molecule has 2 fully saturated rings. The van der Waals surface area contributed by atoms with E-state index in [4.69, 9.17) is 34.5 Å². The maximum absolute atomic E-state index is 13.1. The van der Waals surface area contributed by atoms with Gasteiger partial charge in [-0.3, -0.25) is 18.7 Å². The van der Waals surface area contributed by atoms with Crippen molar-refractivity contribution in [1.29, 1.82) is 0 Å². The van der Waals surface area contributed by atoms with Crippen LogP contribution in [-0.2, 0) is 0 Å². The number of aromatic nitrogens is 8. The predicted molar refractivity (Wildman–Crippen MR) is 265 cm³/mol. The quantitative estimate of drug-likeness (QED) is 0.0282. The number of imidazole rings is 2. The zero-order valence-electron chi connectivity index (χ0n) is 36.2. The van der Waals surface area contributed by atoms with Crippen molar-refractivity contribution in [3.63, 3.8) is 0 Å². The highest BCUT2D eigenvalue weighted by Gasteiger charge is 2.46. The van der Waals surface area contributed by atoms with Gasteiger partial charge >= 0.3 is 0 Å². The molecule has 6 aromatic rings. The number of hydrogen-bond donors (Lipinski definition) is 5. The average molecular weight is 1030 g/mol. The number of anilines is 2. The molecule has 69 heavy (non-hydrogen) atoms. The Hall–Kier alpha value is -6.17. The lowest BCUT2D eigenvalue weighted by atomic mass is 9.88. The Bertz CT molecular complexity index is 2760. The Balaban J connectivity index is 0.000000288. The monoisotopic (exact) mass is 1030 g/mol. The van der Waals surface area contributed by atoms with Gasteiger partial charge < -0.3 is 27.0 Å². The minimum atomic E-state index is -2.65. The molecular weight excluding hydrogens is 984 g/mol. The van der Waals surface area contributed by atoms with Gasteiger partial charge in [0.2, 0.25) is 11.9 Å². The minimum absolute atomic E-state index is 0. The van der Waals surface area contributed by atoms with Gasteiger partial charge in [0, 0.05) is 95.2 Å². The number of nitrogens with zero attached hydrogens (tertiary/aromatic N) is 11. The van der Waals surface area contributed by atoms with Crippen molar-refractivity contribution in [3.05, 3.63) is 140 Å². The summed E-state index contributed by atoms with van der Waals surface area (Å²) in [7, 11) is 0. The maximum atomic E-state index is 13.1. The standard InChI is InChI=1S/C21H20ClF2N9O.C21H22ClF2N7O.CH4.2H2S/c1-12-8-26-20(29-15-6-21(23,24)7-15)31-18(12)33-10-17(27-11-33)19(34)30-16(9-28-32-25)13-3-2-4-14(22)5-13;1-12-9-26-20(28-15-6-21(23,24)7-15)30-18(12)31-10-17(27-11-31)19(32)29-16(8-25)13-3-2-4-14(22)5-13;;;/h2-5,8,10-11,15-16H,6-7,9H2,1H3,(H,30,34)(H,26,29,31);2-5,9-11,15-16H,6-8,25H2,1H3,(H,29,32)(H,26,28,30);1H4;2*1H2/t2*16-;;;/m11.../s1. The van der Waals surface area contributed by atoms with E-state index in [2.05, 4.69) is 61.2 Å². The Labute approximate surface area is 418 Å². The van der Waals surface area contributed by atoms with E-state index in [1.807, 2.05) is 6.07 Å². The summed E-state index contributed by atoms with van der Waals surface area (Å²) in [6.45, 7) is 3.77. The number of nitrogens with two attached hydrogens (primary N) is 1. The molecule has 0 unspecified atom stereocenters. The van der Waals surface area contributed by atoms with Crippen LogP contribution in [0.4, 0.5) is 29.5 Å². The van der Waals surface area contributed by atoms with Gasteiger partial charge in [0.15, 0.2) is 0 Å². The van der Waals surface area contributed by atoms with E-state index >= 15 is 0 Å². The molecule has 0 radical (unpaired) electrons. The van der Waals surface area contributed by atoms with Gasteiger partial charge in [0.05, 0.1) is 18.6 Å². The molecule has 368 valence electrons. The maximum Gasteiger partial charge on any atom is 0.272 e. The number of hydrogen-bond acceptors (Lipinski definition) is 12. The van der Waals surface area contributed by atoms with Crippen LogP contribution in [0.25, 0.3) is 22.1 Å². The molecule has 0 aliphatic heterocycles. The van der Waals surface area contributed by atoms with Crippen LogP contribution >= 0.6 is 50.2 Å². The second-order valence-electron chi connectivity index (χ2n) is 15.8. The summed E-state index contributed by atoms with van der Waals surface area (Å²) in [5, 5.41) is 16.1. The van der Waals surface area contributed by atoms with Crippen molar-refractivity contribution in [3.8, 4) is 11.6 Å². The Morgan fingerprint density at radius 3 is 1.58 bits per heavy atom. The number of carbonyl (C=O) groups excluding carboxylic acids is 2. The van der Waals surface area contributed by atoms with Gasteiger partial charge in [-0.25, -0.2) is 37.5 Å². The number of benzene rings is 2. The van der Waals surface area contributed by atoms with Crippen LogP contribution in [0.2, 0.25) is 10.0 Å². The van der Waals surface area contributed by atoms with Gasteiger partial charge in [0.25, 0.3) is 23.7 Å². The molecule has 2 amide bonds. The van der Waals surface area contributed by atoms with E-state index in [-0.39, 0.29) is 103 Å². The van der Waals surface area contributed by atoms with Crippen LogP contribution < -0.4 is 27.0 Å². The summed E-state index contributed by atoms with van der Waals surface area (Å²) in [5.41, 5.74) is 17.7. The van der Waals surface area contributed by atoms with E-state index in [1.165, 1.54) is 25.0 Å². The highest BCUT2D eigenvalue weighted by molar-refractivity contribution is 7.59. The molecule has 2 aromatic carbocycles. The summed E-state index contributed by atoms with van der Waals surface area (Å²) in [5.74, 6) is -4.77. The molecule has 18 nitrogen and oxygen atoms in total. The molecule has 2 aliphatic rings. The second kappa shape index (κ2) is 23.9. The van der Waals surface area contributed by atoms with E-state index in [1.54, 1.807) is 77.8 Å². The van der Waals surface area contributed by atoms with Crippen molar-refractivity contribution in [2.45, 2.75) is 83.0 Å². The molecule has 8 rings (SSSR count). The number of aryl methyl sites for hydroxylation is 2. The SMILES string of the molecule is C.Cc1cnc(NC2CC(F)(F)C2)nc1-n1cnc(C(=O)N[C@H](CN)c2cccc(Cl)c2)c1.Cc1cnc(NC2CC(F)(F)C2)nc1-n1cnc(C(=O)N[C@H](CN=[N+]=[N-])c2cccc(Cl)c2)c1.S.S. The average Bonchev–Trinajstić information content (AvgIpc) is 3.96. The van der Waals surface area contributed by atoms with Gasteiger partial charge in [-0.2, -0.15) is 37.0 Å². The molecule has 2 atom stereocenters. The molecule has 0 spiro atoms. The normalized spacial score (nSPS) is 15.3. The first-order valence-corrected chi connectivity index (χ1v) is 21.1.